The second-order valence-electron chi connectivity index (χ2n) is 10.3. The number of carbonyl (C=O) groups is 2. The predicted octanol–water partition coefficient (Wildman–Crippen LogP) is 6.48. The molecule has 43 heavy (non-hydrogen) atoms. The van der Waals surface area contributed by atoms with Crippen LogP contribution in [0.3, 0.4) is 0 Å². The molecule has 1 saturated heterocycles. The van der Waals surface area contributed by atoms with Gasteiger partial charge in [-0.2, -0.15) is 0 Å². The van der Waals surface area contributed by atoms with Crippen LogP contribution in [0.1, 0.15) is 40.8 Å². The summed E-state index contributed by atoms with van der Waals surface area (Å²) in [6, 6.07) is 24.4. The number of rotatable bonds is 10. The summed E-state index contributed by atoms with van der Waals surface area (Å²) >= 11 is 0. The van der Waals surface area contributed by atoms with E-state index in [1.54, 1.807) is 49.4 Å². The van der Waals surface area contributed by atoms with E-state index < -0.39 is 17.7 Å². The Labute approximate surface area is 249 Å². The number of aliphatic hydroxyl groups excluding tert-OH is 1. The fraction of sp³-hybridized carbons (Fsp3) is 0.200. The maximum absolute atomic E-state index is 13.5. The Bertz CT molecular complexity index is 1670. The fourth-order valence-electron chi connectivity index (χ4n) is 5.18. The van der Waals surface area contributed by atoms with Crippen LogP contribution in [0.25, 0.3) is 5.76 Å². The lowest BCUT2D eigenvalue weighted by Crippen LogP contribution is -2.31. The third kappa shape index (κ3) is 6.38. The molecule has 1 fully saturated rings. The van der Waals surface area contributed by atoms with Crippen molar-refractivity contribution in [3.8, 4) is 17.2 Å². The van der Waals surface area contributed by atoms with Crippen LogP contribution in [0.4, 0.5) is 4.39 Å². The molecule has 0 aliphatic carbocycles. The fourth-order valence-corrected chi connectivity index (χ4v) is 5.18. The molecule has 220 valence electrons. The summed E-state index contributed by atoms with van der Waals surface area (Å²) in [6.07, 6.45) is 0.354. The van der Waals surface area contributed by atoms with Crippen LogP contribution in [0.2, 0.25) is 0 Å². The molecule has 0 aromatic heterocycles. The van der Waals surface area contributed by atoms with Gasteiger partial charge in [-0.25, -0.2) is 4.39 Å². The van der Waals surface area contributed by atoms with Gasteiger partial charge in [-0.15, -0.1) is 0 Å². The average Bonchev–Trinajstić information content (AvgIpc) is 3.26. The normalized spacial score (nSPS) is 16.0. The zero-order valence-electron chi connectivity index (χ0n) is 23.9. The number of aryl methyl sites for hydroxylation is 1. The van der Waals surface area contributed by atoms with Crippen molar-refractivity contribution in [3.63, 3.8) is 0 Å². The molecule has 0 saturated carbocycles. The molecule has 0 radical (unpaired) electrons. The summed E-state index contributed by atoms with van der Waals surface area (Å²) in [5, 5.41) is 21.8. The Hall–Kier alpha value is -5.11. The van der Waals surface area contributed by atoms with Gasteiger partial charge >= 0.3 is 0 Å². The standard InChI is InChI=1S/C35H32FNO6/c1-3-42-30-20-25(11-15-28(30)38)32-31(34(40)35(41)37(32)18-17-23-9-13-27(36)14-10-23)33(39)26-12-16-29(22(2)19-26)43-21-24-7-5-4-6-8-24/h4-16,19-20,32,38-39H,3,17-18,21H2,1-2H3/b33-31-. The van der Waals surface area contributed by atoms with Crippen molar-refractivity contribution in [2.45, 2.75) is 32.9 Å². The quantitative estimate of drug-likeness (QED) is 0.126. The smallest absolute Gasteiger partial charge is 0.295 e. The highest BCUT2D eigenvalue weighted by atomic mass is 19.1. The van der Waals surface area contributed by atoms with E-state index in [0.717, 1.165) is 16.7 Å². The van der Waals surface area contributed by atoms with Crippen LogP contribution < -0.4 is 9.47 Å². The summed E-state index contributed by atoms with van der Waals surface area (Å²) in [5.74, 6) is -1.55. The van der Waals surface area contributed by atoms with E-state index in [9.17, 15) is 24.2 Å². The molecule has 8 heteroatoms. The summed E-state index contributed by atoms with van der Waals surface area (Å²) in [7, 11) is 0. The number of amides is 1. The van der Waals surface area contributed by atoms with Gasteiger partial charge < -0.3 is 24.6 Å². The minimum Gasteiger partial charge on any atom is -0.507 e. The number of likely N-dealkylation sites (tertiary alicyclic amines) is 1. The van der Waals surface area contributed by atoms with E-state index in [1.165, 1.54) is 23.1 Å². The van der Waals surface area contributed by atoms with E-state index in [0.29, 0.717) is 36.5 Å². The molecule has 1 atom stereocenters. The van der Waals surface area contributed by atoms with Gasteiger partial charge in [-0.1, -0.05) is 48.5 Å². The number of hydrogen-bond donors (Lipinski definition) is 2. The summed E-state index contributed by atoms with van der Waals surface area (Å²) in [5.41, 5.74) is 3.30. The van der Waals surface area contributed by atoms with Crippen molar-refractivity contribution in [2.24, 2.45) is 0 Å². The van der Waals surface area contributed by atoms with Gasteiger partial charge in [0.25, 0.3) is 11.7 Å². The summed E-state index contributed by atoms with van der Waals surface area (Å²) in [6.45, 7) is 4.41. The van der Waals surface area contributed by atoms with Gasteiger partial charge in [-0.3, -0.25) is 9.59 Å². The van der Waals surface area contributed by atoms with Gasteiger partial charge in [0, 0.05) is 12.1 Å². The van der Waals surface area contributed by atoms with Crippen LogP contribution in [0.15, 0.2) is 96.6 Å². The first kappa shape index (κ1) is 29.4. The van der Waals surface area contributed by atoms with E-state index in [2.05, 4.69) is 0 Å². The Morgan fingerprint density at radius 3 is 2.33 bits per heavy atom. The molecule has 1 heterocycles. The van der Waals surface area contributed by atoms with Crippen molar-refractivity contribution in [1.29, 1.82) is 0 Å². The summed E-state index contributed by atoms with van der Waals surface area (Å²) < 4.78 is 25.0. The molecule has 2 N–H and O–H groups in total. The van der Waals surface area contributed by atoms with Gasteiger partial charge in [-0.05, 0) is 85.0 Å². The molecule has 1 aliphatic heterocycles. The maximum atomic E-state index is 13.5. The highest BCUT2D eigenvalue weighted by molar-refractivity contribution is 6.46. The number of carbonyl (C=O) groups excluding carboxylic acids is 2. The molecule has 1 unspecified atom stereocenters. The van der Waals surface area contributed by atoms with Crippen LogP contribution in [0, 0.1) is 12.7 Å². The number of phenols is 1. The number of nitrogens with zero attached hydrogens (tertiary/aromatic N) is 1. The zero-order valence-corrected chi connectivity index (χ0v) is 23.9. The topological polar surface area (TPSA) is 96.3 Å². The number of aromatic hydroxyl groups is 1. The van der Waals surface area contributed by atoms with Crippen LogP contribution in [0.5, 0.6) is 17.2 Å². The van der Waals surface area contributed by atoms with Gasteiger partial charge in [0.15, 0.2) is 11.5 Å². The highest BCUT2D eigenvalue weighted by Gasteiger charge is 2.46. The number of ketones is 1. The van der Waals surface area contributed by atoms with Crippen LogP contribution in [-0.2, 0) is 22.6 Å². The molecule has 4 aromatic carbocycles. The maximum Gasteiger partial charge on any atom is 0.295 e. The molecule has 1 aliphatic rings. The van der Waals surface area contributed by atoms with Gasteiger partial charge in [0.1, 0.15) is 23.9 Å². The Kier molecular flexibility index (Phi) is 8.76. The predicted molar refractivity (Wildman–Crippen MR) is 160 cm³/mol. The minimum atomic E-state index is -0.949. The number of aliphatic hydroxyl groups is 1. The highest BCUT2D eigenvalue weighted by Crippen LogP contribution is 2.42. The second kappa shape index (κ2) is 12.8. The van der Waals surface area contributed by atoms with Crippen molar-refractivity contribution >= 4 is 17.4 Å². The van der Waals surface area contributed by atoms with Crippen molar-refractivity contribution < 1.29 is 33.7 Å². The lowest BCUT2D eigenvalue weighted by Gasteiger charge is -2.26. The van der Waals surface area contributed by atoms with Crippen molar-refractivity contribution in [2.75, 3.05) is 13.2 Å². The number of hydrogen-bond acceptors (Lipinski definition) is 6. The summed E-state index contributed by atoms with van der Waals surface area (Å²) in [4.78, 5) is 28.3. The average molecular weight is 582 g/mol. The van der Waals surface area contributed by atoms with Crippen molar-refractivity contribution in [3.05, 3.63) is 130 Å². The molecule has 4 aromatic rings. The zero-order chi connectivity index (χ0) is 30.5. The minimum absolute atomic E-state index is 0.0744. The largest absolute Gasteiger partial charge is 0.507 e. The number of phenolic OH excluding ortho intramolecular Hbond substituents is 1. The molecule has 0 bridgehead atoms. The first-order valence-corrected chi connectivity index (χ1v) is 14.0. The molecular formula is C35H32FNO6. The van der Waals surface area contributed by atoms with E-state index in [1.807, 2.05) is 37.3 Å². The molecule has 1 amide bonds. The molecule has 0 spiro atoms. The Morgan fingerprint density at radius 2 is 1.63 bits per heavy atom. The molecular weight excluding hydrogens is 549 g/mol. The van der Waals surface area contributed by atoms with Crippen LogP contribution in [-0.4, -0.2) is 40.0 Å². The lowest BCUT2D eigenvalue weighted by molar-refractivity contribution is -0.139. The number of ether oxygens (including phenoxy) is 2. The third-order valence-electron chi connectivity index (χ3n) is 7.38. The number of halogens is 1. The van der Waals surface area contributed by atoms with E-state index in [4.69, 9.17) is 9.47 Å². The van der Waals surface area contributed by atoms with E-state index >= 15 is 0 Å². The monoisotopic (exact) mass is 581 g/mol. The number of benzene rings is 4. The van der Waals surface area contributed by atoms with E-state index in [-0.39, 0.29) is 35.2 Å². The van der Waals surface area contributed by atoms with Gasteiger partial charge in [0.05, 0.1) is 18.2 Å². The molecule has 5 rings (SSSR count). The Balaban J connectivity index is 1.51. The molecule has 7 nitrogen and oxygen atoms in total. The van der Waals surface area contributed by atoms with Gasteiger partial charge in [0.2, 0.25) is 0 Å². The first-order chi connectivity index (χ1) is 20.8. The Morgan fingerprint density at radius 1 is 0.884 bits per heavy atom. The van der Waals surface area contributed by atoms with Crippen molar-refractivity contribution in [1.82, 2.24) is 4.90 Å². The first-order valence-electron chi connectivity index (χ1n) is 14.0. The SMILES string of the molecule is CCOc1cc(C2/C(=C(/O)c3ccc(OCc4ccccc4)c(C)c3)C(=O)C(=O)N2CCc2ccc(F)cc2)ccc1O. The lowest BCUT2D eigenvalue weighted by atomic mass is 9.94. The third-order valence-corrected chi connectivity index (χ3v) is 7.38. The van der Waals surface area contributed by atoms with Crippen LogP contribution >= 0.6 is 0 Å². The second-order valence-corrected chi connectivity index (χ2v) is 10.3. The number of Topliss-reactive ketones (excluding diaryl/α,β-unsaturated/α-hetero) is 1.